The maximum Gasteiger partial charge on any atom is 0.269 e. The fourth-order valence-corrected chi connectivity index (χ4v) is 1.86. The van der Waals surface area contributed by atoms with Crippen molar-refractivity contribution in [2.75, 3.05) is 0 Å². The molecule has 0 saturated heterocycles. The van der Waals surface area contributed by atoms with Gasteiger partial charge in [-0.2, -0.15) is 8.42 Å². The summed E-state index contributed by atoms with van der Waals surface area (Å²) < 4.78 is 29.9. The van der Waals surface area contributed by atoms with Crippen LogP contribution < -0.4 is 0 Å². The van der Waals surface area contributed by atoms with Crippen molar-refractivity contribution in [3.8, 4) is 0 Å². The van der Waals surface area contributed by atoms with Gasteiger partial charge >= 0.3 is 0 Å². The molecule has 1 N–H and O–H groups in total. The fraction of sp³-hybridized carbons (Fsp3) is 0.333. The maximum absolute atomic E-state index is 10.6. The Morgan fingerprint density at radius 2 is 1.92 bits per heavy atom. The molecule has 0 atom stereocenters. The highest BCUT2D eigenvalue weighted by Crippen LogP contribution is 2.13. The van der Waals surface area contributed by atoms with Gasteiger partial charge in [-0.15, -0.1) is 0 Å². The molecule has 3 nitrogen and oxygen atoms in total. The summed E-state index contributed by atoms with van der Waals surface area (Å²) in [4.78, 5) is 0. The molecule has 0 unspecified atom stereocenters. The first-order valence-corrected chi connectivity index (χ1v) is 5.51. The van der Waals surface area contributed by atoms with Crippen molar-refractivity contribution in [2.24, 2.45) is 0 Å². The van der Waals surface area contributed by atoms with Crippen molar-refractivity contribution in [2.45, 2.75) is 19.6 Å². The van der Waals surface area contributed by atoms with Crippen LogP contribution in [0.15, 0.2) is 18.2 Å². The standard InChI is InChI=1S/C9H12O3S/c1-7-3-4-8(2)9(5-7)6-13(10,11)12/h3-5H,6H2,1-2H3,(H,10,11,12). The van der Waals surface area contributed by atoms with E-state index in [1.54, 1.807) is 6.07 Å². The van der Waals surface area contributed by atoms with Gasteiger partial charge in [0.2, 0.25) is 0 Å². The lowest BCUT2D eigenvalue weighted by Gasteiger charge is -2.04. The van der Waals surface area contributed by atoms with E-state index in [2.05, 4.69) is 0 Å². The molecule has 0 radical (unpaired) electrons. The minimum atomic E-state index is -3.92. The molecule has 0 aromatic heterocycles. The first kappa shape index (κ1) is 10.2. The minimum Gasteiger partial charge on any atom is -0.285 e. The van der Waals surface area contributed by atoms with Crippen molar-refractivity contribution in [3.05, 3.63) is 34.9 Å². The zero-order valence-corrected chi connectivity index (χ0v) is 8.43. The van der Waals surface area contributed by atoms with E-state index >= 15 is 0 Å². The molecule has 0 amide bonds. The lowest BCUT2D eigenvalue weighted by molar-refractivity contribution is 0.482. The Morgan fingerprint density at radius 1 is 1.31 bits per heavy atom. The Kier molecular flexibility index (Phi) is 2.73. The third kappa shape index (κ3) is 3.16. The van der Waals surface area contributed by atoms with E-state index in [1.165, 1.54) is 0 Å². The van der Waals surface area contributed by atoms with Crippen molar-refractivity contribution < 1.29 is 13.0 Å². The van der Waals surface area contributed by atoms with Crippen molar-refractivity contribution in [3.63, 3.8) is 0 Å². The molecule has 13 heavy (non-hydrogen) atoms. The number of hydrogen-bond donors (Lipinski definition) is 1. The third-order valence-electron chi connectivity index (χ3n) is 1.84. The maximum atomic E-state index is 10.6. The van der Waals surface area contributed by atoms with Crippen LogP contribution in [-0.4, -0.2) is 13.0 Å². The molecule has 1 aromatic rings. The number of aryl methyl sites for hydroxylation is 2. The van der Waals surface area contributed by atoms with Gasteiger partial charge in [0.15, 0.2) is 0 Å². The lowest BCUT2D eigenvalue weighted by Crippen LogP contribution is -2.03. The summed E-state index contributed by atoms with van der Waals surface area (Å²) in [6.07, 6.45) is 0. The van der Waals surface area contributed by atoms with Crippen LogP contribution in [0.4, 0.5) is 0 Å². The van der Waals surface area contributed by atoms with Crippen LogP contribution in [0.1, 0.15) is 16.7 Å². The zero-order valence-electron chi connectivity index (χ0n) is 7.61. The average Bonchev–Trinajstić information content (AvgIpc) is 1.94. The molecule has 1 aromatic carbocycles. The molecule has 0 fully saturated rings. The summed E-state index contributed by atoms with van der Waals surface area (Å²) >= 11 is 0. The van der Waals surface area contributed by atoms with Gasteiger partial charge in [-0.05, 0) is 25.0 Å². The Bertz CT molecular complexity index is 407. The average molecular weight is 200 g/mol. The van der Waals surface area contributed by atoms with Crippen LogP contribution in [0.2, 0.25) is 0 Å². The van der Waals surface area contributed by atoms with Crippen LogP contribution in [0.3, 0.4) is 0 Å². The number of benzene rings is 1. The van der Waals surface area contributed by atoms with Crippen molar-refractivity contribution in [1.29, 1.82) is 0 Å². The topological polar surface area (TPSA) is 54.4 Å². The molecule has 0 heterocycles. The molecule has 1 rings (SSSR count). The molecule has 4 heteroatoms. The van der Waals surface area contributed by atoms with Crippen LogP contribution in [-0.2, 0) is 15.9 Å². The second kappa shape index (κ2) is 3.47. The highest BCUT2D eigenvalue weighted by molar-refractivity contribution is 7.85. The highest BCUT2D eigenvalue weighted by atomic mass is 32.2. The summed E-state index contributed by atoms with van der Waals surface area (Å²) in [6, 6.07) is 5.52. The molecule has 0 bridgehead atoms. The normalized spacial score (nSPS) is 11.6. The number of rotatable bonds is 2. The van der Waals surface area contributed by atoms with Crippen LogP contribution in [0, 0.1) is 13.8 Å². The molecular formula is C9H12O3S. The monoisotopic (exact) mass is 200 g/mol. The smallest absolute Gasteiger partial charge is 0.269 e. The van der Waals surface area contributed by atoms with E-state index in [4.69, 9.17) is 4.55 Å². The molecule has 0 spiro atoms. The van der Waals surface area contributed by atoms with Crippen LogP contribution >= 0.6 is 0 Å². The largest absolute Gasteiger partial charge is 0.285 e. The van der Waals surface area contributed by atoms with E-state index in [0.29, 0.717) is 5.56 Å². The zero-order chi connectivity index (χ0) is 10.1. The molecule has 0 aliphatic carbocycles. The summed E-state index contributed by atoms with van der Waals surface area (Å²) in [5.74, 6) is -0.305. The van der Waals surface area contributed by atoms with Gasteiger partial charge in [0, 0.05) is 0 Å². The quantitative estimate of drug-likeness (QED) is 0.739. The van der Waals surface area contributed by atoms with Gasteiger partial charge in [-0.3, -0.25) is 4.55 Å². The van der Waals surface area contributed by atoms with Crippen molar-refractivity contribution in [1.82, 2.24) is 0 Å². The number of hydrogen-bond acceptors (Lipinski definition) is 2. The molecule has 0 aliphatic heterocycles. The van der Waals surface area contributed by atoms with E-state index < -0.39 is 10.1 Å². The van der Waals surface area contributed by atoms with Crippen molar-refractivity contribution >= 4 is 10.1 Å². The molecule has 0 aliphatic rings. The van der Waals surface area contributed by atoms with Gasteiger partial charge in [-0.1, -0.05) is 23.8 Å². The first-order valence-electron chi connectivity index (χ1n) is 3.90. The Hall–Kier alpha value is -0.870. The fourth-order valence-electron chi connectivity index (χ4n) is 1.15. The van der Waals surface area contributed by atoms with E-state index in [9.17, 15) is 8.42 Å². The predicted octanol–water partition coefficient (Wildman–Crippen LogP) is 1.69. The second-order valence-electron chi connectivity index (χ2n) is 3.16. The van der Waals surface area contributed by atoms with E-state index in [1.807, 2.05) is 26.0 Å². The Balaban J connectivity index is 3.08. The van der Waals surface area contributed by atoms with Gasteiger partial charge in [0.05, 0.1) is 0 Å². The third-order valence-corrected chi connectivity index (χ3v) is 2.52. The molecule has 72 valence electrons. The second-order valence-corrected chi connectivity index (χ2v) is 4.61. The van der Waals surface area contributed by atoms with Gasteiger partial charge in [0.25, 0.3) is 10.1 Å². The highest BCUT2D eigenvalue weighted by Gasteiger charge is 2.08. The van der Waals surface area contributed by atoms with E-state index in [-0.39, 0.29) is 5.75 Å². The Labute approximate surface area is 78.2 Å². The van der Waals surface area contributed by atoms with Gasteiger partial charge in [-0.25, -0.2) is 0 Å². The summed E-state index contributed by atoms with van der Waals surface area (Å²) in [7, 11) is -3.92. The Morgan fingerprint density at radius 3 is 2.46 bits per heavy atom. The van der Waals surface area contributed by atoms with Crippen LogP contribution in [0.25, 0.3) is 0 Å². The van der Waals surface area contributed by atoms with Gasteiger partial charge < -0.3 is 0 Å². The lowest BCUT2D eigenvalue weighted by atomic mass is 10.1. The summed E-state index contributed by atoms with van der Waals surface area (Å²) in [5, 5.41) is 0. The summed E-state index contributed by atoms with van der Waals surface area (Å²) in [5.41, 5.74) is 2.52. The first-order chi connectivity index (χ1) is 5.88. The van der Waals surface area contributed by atoms with Crippen LogP contribution in [0.5, 0.6) is 0 Å². The molecule has 0 saturated carbocycles. The van der Waals surface area contributed by atoms with E-state index in [0.717, 1.165) is 11.1 Å². The predicted molar refractivity (Wildman–Crippen MR) is 51.2 cm³/mol. The minimum absolute atomic E-state index is 0.305. The summed E-state index contributed by atoms with van der Waals surface area (Å²) in [6.45, 7) is 3.70. The van der Waals surface area contributed by atoms with Gasteiger partial charge in [0.1, 0.15) is 5.75 Å². The SMILES string of the molecule is Cc1ccc(C)c(CS(=O)(=O)O)c1. The molecular weight excluding hydrogens is 188 g/mol.